The fraction of sp³-hybridized carbons (Fsp3) is 0.391. The van der Waals surface area contributed by atoms with Gasteiger partial charge in [-0.25, -0.2) is 17.8 Å². The first-order valence-electron chi connectivity index (χ1n) is 11.3. The summed E-state index contributed by atoms with van der Waals surface area (Å²) in [5.41, 5.74) is 1.31. The first-order chi connectivity index (χ1) is 17.1. The van der Waals surface area contributed by atoms with E-state index in [9.17, 15) is 26.0 Å². The Hall–Kier alpha value is -2.77. The lowest BCUT2D eigenvalue weighted by molar-refractivity contribution is -0.192. The van der Waals surface area contributed by atoms with Crippen LogP contribution in [0.1, 0.15) is 42.5 Å². The highest BCUT2D eigenvalue weighted by Crippen LogP contribution is 2.48. The summed E-state index contributed by atoms with van der Waals surface area (Å²) in [5.74, 6) is -1.55. The average molecular weight is 543 g/mol. The molecular formula is C23H22F4N4O3S2. The number of benzene rings is 2. The molecule has 0 aliphatic carbocycles. The van der Waals surface area contributed by atoms with Crippen molar-refractivity contribution in [1.82, 2.24) is 14.3 Å². The average Bonchev–Trinajstić information content (AvgIpc) is 3.35. The van der Waals surface area contributed by atoms with Gasteiger partial charge in [0.1, 0.15) is 17.9 Å². The molecule has 2 aliphatic heterocycles. The number of likely N-dealkylation sites (tertiary alicyclic amines) is 1. The van der Waals surface area contributed by atoms with E-state index in [1.807, 2.05) is 4.90 Å². The molecule has 7 nitrogen and oxygen atoms in total. The van der Waals surface area contributed by atoms with Crippen molar-refractivity contribution >= 4 is 26.7 Å². The number of sulfonamides is 1. The highest BCUT2D eigenvalue weighted by atomic mass is 32.2. The van der Waals surface area contributed by atoms with Gasteiger partial charge in [-0.2, -0.15) is 17.5 Å². The lowest BCUT2D eigenvalue weighted by Crippen LogP contribution is -2.44. The summed E-state index contributed by atoms with van der Waals surface area (Å²) in [5, 5.41) is 0.126. The van der Waals surface area contributed by atoms with E-state index in [0.29, 0.717) is 23.3 Å². The Morgan fingerprint density at radius 2 is 1.86 bits per heavy atom. The van der Waals surface area contributed by atoms with Crippen LogP contribution in [0.2, 0.25) is 0 Å². The van der Waals surface area contributed by atoms with E-state index in [1.165, 1.54) is 42.7 Å². The zero-order valence-electron chi connectivity index (χ0n) is 18.8. The van der Waals surface area contributed by atoms with Crippen LogP contribution in [0.3, 0.4) is 0 Å². The van der Waals surface area contributed by atoms with Gasteiger partial charge >= 0.3 is 6.18 Å². The SMILES string of the molecule is O=S(=O)(Nc1ncns1)c1ccc2c(c1)OCCC2N1CC[C@H](C(F)(F)F)C[C@@H]1c1ccc(F)cc1. The fourth-order valence-electron chi connectivity index (χ4n) is 4.92. The number of halogens is 4. The molecule has 3 aromatic rings. The highest BCUT2D eigenvalue weighted by molar-refractivity contribution is 7.93. The first kappa shape index (κ1) is 24.9. The van der Waals surface area contributed by atoms with Gasteiger partial charge in [0.15, 0.2) is 0 Å². The van der Waals surface area contributed by atoms with E-state index in [4.69, 9.17) is 4.74 Å². The van der Waals surface area contributed by atoms with Crippen molar-refractivity contribution in [3.8, 4) is 5.75 Å². The summed E-state index contributed by atoms with van der Waals surface area (Å²) in [6.07, 6.45) is -2.74. The number of rotatable bonds is 5. The number of hydrogen-bond donors (Lipinski definition) is 1. The number of fused-ring (bicyclic) bond motifs is 1. The maximum absolute atomic E-state index is 13.6. The highest BCUT2D eigenvalue weighted by Gasteiger charge is 2.46. The molecule has 36 heavy (non-hydrogen) atoms. The molecule has 192 valence electrons. The second-order valence-electron chi connectivity index (χ2n) is 8.77. The molecule has 1 saturated heterocycles. The molecule has 0 amide bonds. The van der Waals surface area contributed by atoms with Crippen molar-refractivity contribution in [3.05, 3.63) is 65.7 Å². The van der Waals surface area contributed by atoms with Gasteiger partial charge in [-0.05, 0) is 43.1 Å². The maximum atomic E-state index is 13.6. The molecule has 1 unspecified atom stereocenters. The Kier molecular flexibility index (Phi) is 6.64. The number of nitrogens with one attached hydrogen (secondary N) is 1. The molecule has 1 N–H and O–H groups in total. The van der Waals surface area contributed by atoms with E-state index < -0.39 is 34.0 Å². The van der Waals surface area contributed by atoms with Crippen LogP contribution in [0.4, 0.5) is 22.7 Å². The van der Waals surface area contributed by atoms with Gasteiger partial charge in [0.2, 0.25) is 5.13 Å². The largest absolute Gasteiger partial charge is 0.493 e. The van der Waals surface area contributed by atoms with Gasteiger partial charge in [-0.15, -0.1) is 0 Å². The summed E-state index contributed by atoms with van der Waals surface area (Å²) in [4.78, 5) is 5.81. The summed E-state index contributed by atoms with van der Waals surface area (Å²) >= 11 is 0.900. The van der Waals surface area contributed by atoms with Crippen molar-refractivity contribution in [2.24, 2.45) is 5.92 Å². The van der Waals surface area contributed by atoms with E-state index in [1.54, 1.807) is 6.07 Å². The molecule has 0 saturated carbocycles. The minimum Gasteiger partial charge on any atom is -0.493 e. The van der Waals surface area contributed by atoms with Crippen LogP contribution in [0, 0.1) is 11.7 Å². The molecular weight excluding hydrogens is 520 g/mol. The second-order valence-corrected chi connectivity index (χ2v) is 11.2. The van der Waals surface area contributed by atoms with E-state index in [0.717, 1.165) is 11.5 Å². The minimum atomic E-state index is -4.32. The number of hydrogen-bond acceptors (Lipinski definition) is 7. The van der Waals surface area contributed by atoms with Crippen molar-refractivity contribution < 1.29 is 30.7 Å². The van der Waals surface area contributed by atoms with Crippen LogP contribution in [0.15, 0.2) is 53.7 Å². The van der Waals surface area contributed by atoms with Crippen molar-refractivity contribution in [3.63, 3.8) is 0 Å². The molecule has 1 fully saturated rings. The molecule has 0 bridgehead atoms. The number of alkyl halides is 3. The van der Waals surface area contributed by atoms with Gasteiger partial charge in [-0.1, -0.05) is 18.2 Å². The predicted molar refractivity (Wildman–Crippen MR) is 125 cm³/mol. The van der Waals surface area contributed by atoms with E-state index >= 15 is 0 Å². The van der Waals surface area contributed by atoms with Gasteiger partial charge < -0.3 is 4.74 Å². The molecule has 3 heterocycles. The number of nitrogens with zero attached hydrogens (tertiary/aromatic N) is 3. The van der Waals surface area contributed by atoms with Gasteiger partial charge in [0.25, 0.3) is 10.0 Å². The fourth-order valence-corrected chi connectivity index (χ4v) is 6.60. The van der Waals surface area contributed by atoms with Gasteiger partial charge in [-0.3, -0.25) is 9.62 Å². The molecule has 13 heteroatoms. The van der Waals surface area contributed by atoms with Crippen molar-refractivity contribution in [2.45, 2.75) is 42.4 Å². The Balaban J connectivity index is 1.46. The summed E-state index contributed by atoms with van der Waals surface area (Å²) in [6.45, 7) is 0.468. The molecule has 1 aromatic heterocycles. The van der Waals surface area contributed by atoms with Crippen LogP contribution in [0.25, 0.3) is 0 Å². The van der Waals surface area contributed by atoms with Gasteiger partial charge in [0, 0.05) is 41.7 Å². The third kappa shape index (κ3) is 5.04. The molecule has 2 aliphatic rings. The smallest absolute Gasteiger partial charge is 0.391 e. The van der Waals surface area contributed by atoms with Crippen LogP contribution in [-0.2, 0) is 10.0 Å². The summed E-state index contributed by atoms with van der Waals surface area (Å²) in [7, 11) is -3.94. The number of ether oxygens (including phenoxy) is 1. The second kappa shape index (κ2) is 9.60. The predicted octanol–water partition coefficient (Wildman–Crippen LogP) is 5.32. The quantitative estimate of drug-likeness (QED) is 0.440. The lowest BCUT2D eigenvalue weighted by Gasteiger charge is -2.46. The topological polar surface area (TPSA) is 84.4 Å². The van der Waals surface area contributed by atoms with Crippen LogP contribution in [-0.4, -0.2) is 42.0 Å². The lowest BCUT2D eigenvalue weighted by atomic mass is 9.84. The van der Waals surface area contributed by atoms with Gasteiger partial charge in [0.05, 0.1) is 17.4 Å². The van der Waals surface area contributed by atoms with Crippen LogP contribution >= 0.6 is 11.5 Å². The molecule has 3 atom stereocenters. The summed E-state index contributed by atoms with van der Waals surface area (Å²) < 4.78 is 91.9. The first-order valence-corrected chi connectivity index (χ1v) is 13.5. The van der Waals surface area contributed by atoms with E-state index in [2.05, 4.69) is 14.1 Å². The minimum absolute atomic E-state index is 0.0250. The Morgan fingerprint density at radius 3 is 2.56 bits per heavy atom. The van der Waals surface area contributed by atoms with Crippen LogP contribution < -0.4 is 9.46 Å². The third-order valence-electron chi connectivity index (χ3n) is 6.65. The Morgan fingerprint density at radius 1 is 1.08 bits per heavy atom. The normalized spacial score (nSPS) is 23.1. The summed E-state index contributed by atoms with van der Waals surface area (Å²) in [6, 6.07) is 9.21. The van der Waals surface area contributed by atoms with Crippen molar-refractivity contribution in [1.29, 1.82) is 0 Å². The monoisotopic (exact) mass is 542 g/mol. The standard InChI is InChI=1S/C23H22F4N4O3S2/c24-16-3-1-14(2-4-16)20-11-15(23(25,26)27)7-9-31(20)19-8-10-34-21-12-17(5-6-18(19)21)36(32,33)30-22-28-13-29-35-22/h1-6,12-13,15,19-20H,7-11H2,(H,28,29,30)/t15-,19?,20+/m0/s1. The Bertz CT molecular complexity index is 1320. The molecule has 2 aromatic carbocycles. The number of anilines is 1. The zero-order chi connectivity index (χ0) is 25.5. The number of piperidine rings is 1. The zero-order valence-corrected chi connectivity index (χ0v) is 20.4. The van der Waals surface area contributed by atoms with Crippen molar-refractivity contribution in [2.75, 3.05) is 17.9 Å². The molecule has 0 radical (unpaired) electrons. The van der Waals surface area contributed by atoms with E-state index in [-0.39, 0.29) is 42.1 Å². The number of aromatic nitrogens is 2. The van der Waals surface area contributed by atoms with Crippen LogP contribution in [0.5, 0.6) is 5.75 Å². The Labute approximate surface area is 209 Å². The molecule has 0 spiro atoms. The maximum Gasteiger partial charge on any atom is 0.391 e. The molecule has 5 rings (SSSR count). The third-order valence-corrected chi connectivity index (χ3v) is 8.69.